The summed E-state index contributed by atoms with van der Waals surface area (Å²) in [5.41, 5.74) is 4.49. The molecule has 5 N–H and O–H groups in total. The molecule has 0 radical (unpaired) electrons. The lowest BCUT2D eigenvalue weighted by Gasteiger charge is -2.12. The fraction of sp³-hybridized carbons (Fsp3) is 0.302. The van der Waals surface area contributed by atoms with Crippen LogP contribution in [-0.2, 0) is 39.7 Å². The SMILES string of the molecule is CS(=O)(=O)O.Cc1cc(N=Nc2cc(OCCCS(=O)(=O)O)c(N=Nc3c(C)c(C#N)c4nc5ccccc5n4c3O)cc2C)c(OCCCS(=O)(=O)O)cc1N=Nc1ccc(OCCCSOOO)cc1. The number of nitriles is 1. The zero-order chi connectivity index (χ0) is 52.6. The van der Waals surface area contributed by atoms with E-state index in [4.69, 9.17) is 24.0 Å². The molecule has 0 saturated heterocycles. The first-order valence-electron chi connectivity index (χ1n) is 21.0. The molecular weight excluding hydrogens is 1030 g/mol. The summed E-state index contributed by atoms with van der Waals surface area (Å²) in [6.45, 7) is 5.17. The first-order chi connectivity index (χ1) is 34.0. The third-order valence-corrected chi connectivity index (χ3v) is 11.8. The summed E-state index contributed by atoms with van der Waals surface area (Å²) in [6, 6.07) is 22.3. The van der Waals surface area contributed by atoms with Gasteiger partial charge in [0.2, 0.25) is 5.88 Å². The lowest BCUT2D eigenvalue weighted by Crippen LogP contribution is -2.08. The number of aromatic hydroxyl groups is 1. The largest absolute Gasteiger partial charge is 0.494 e. The van der Waals surface area contributed by atoms with Crippen LogP contribution in [0, 0.1) is 32.1 Å². The molecule has 6 aromatic rings. The van der Waals surface area contributed by atoms with E-state index in [9.17, 15) is 44.7 Å². The van der Waals surface area contributed by atoms with E-state index < -0.39 is 41.9 Å². The smallest absolute Gasteiger partial charge is 0.264 e. The molecule has 0 aliphatic heterocycles. The van der Waals surface area contributed by atoms with Gasteiger partial charge < -0.3 is 19.3 Å². The van der Waals surface area contributed by atoms with E-state index in [0.717, 1.165) is 12.0 Å². The molecule has 0 atom stereocenters. The summed E-state index contributed by atoms with van der Waals surface area (Å²) in [7, 11) is -12.2. The number of ether oxygens (including phenoxy) is 3. The standard InChI is InChI=1S/C42H43N9O13S3.CH4O3S/c1-26-21-35(38(61-16-7-19-66(54,55)56)23-33(26)46-45-29-11-13-30(14-12-29)60-15-6-18-65-64-63-53)48-47-34-24-39(62-17-8-20-67(57,58)59)36(22-27(34)2)49-50-40-28(3)31(25-43)41-44-32-9-4-5-10-37(32)51(41)42(40)52;1-5(2,3)4/h4-5,9-14,21-24,52-53H,6-8,15-20H2,1-3H3,(H,54,55,56)(H,57,58,59);1H3,(H,2,3,4). The molecule has 6 rings (SSSR count). The molecule has 0 spiro atoms. The molecule has 29 heteroatoms. The lowest BCUT2D eigenvalue weighted by atomic mass is 10.1. The van der Waals surface area contributed by atoms with E-state index in [2.05, 4.69) is 51.1 Å². The Hall–Kier alpha value is -6.72. The summed E-state index contributed by atoms with van der Waals surface area (Å²) in [5.74, 6) is -0.0566. The molecule has 0 fully saturated rings. The van der Waals surface area contributed by atoms with Gasteiger partial charge in [0, 0.05) is 35.5 Å². The number of para-hydroxylation sites is 2. The molecule has 0 amide bonds. The number of azo groups is 3. The Bertz CT molecular complexity index is 3360. The molecule has 25 nitrogen and oxygen atoms in total. The Kier molecular flexibility index (Phi) is 20.0. The zero-order valence-corrected chi connectivity index (χ0v) is 41.9. The number of nitrogens with zero attached hydrogens (tertiary/aromatic N) is 9. The van der Waals surface area contributed by atoms with Gasteiger partial charge in [-0.2, -0.15) is 45.9 Å². The van der Waals surface area contributed by atoms with Crippen molar-refractivity contribution in [2.45, 2.75) is 40.0 Å². The molecule has 0 aliphatic carbocycles. The number of imidazole rings is 1. The third kappa shape index (κ3) is 17.3. The number of hydrogen-bond donors (Lipinski definition) is 5. The number of aromatic nitrogens is 2. The molecule has 384 valence electrons. The molecule has 2 heterocycles. The molecule has 72 heavy (non-hydrogen) atoms. The van der Waals surface area contributed by atoms with Gasteiger partial charge in [-0.1, -0.05) is 17.2 Å². The molecule has 0 saturated carbocycles. The summed E-state index contributed by atoms with van der Waals surface area (Å²) < 4.78 is 113. The van der Waals surface area contributed by atoms with Crippen molar-refractivity contribution < 1.29 is 72.9 Å². The fourth-order valence-electron chi connectivity index (χ4n) is 6.29. The summed E-state index contributed by atoms with van der Waals surface area (Å²) in [6.07, 6.45) is 1.21. The van der Waals surface area contributed by atoms with Crippen LogP contribution >= 0.6 is 12.0 Å². The first-order valence-corrected chi connectivity index (χ1v) is 27.0. The molecule has 2 aromatic heterocycles. The van der Waals surface area contributed by atoms with Gasteiger partial charge in [0.15, 0.2) is 11.3 Å². The topological polar surface area (TPSA) is 365 Å². The highest BCUT2D eigenvalue weighted by Gasteiger charge is 2.21. The summed E-state index contributed by atoms with van der Waals surface area (Å²) in [5, 5.41) is 59.7. The van der Waals surface area contributed by atoms with Crippen molar-refractivity contribution in [1.82, 2.24) is 9.38 Å². The summed E-state index contributed by atoms with van der Waals surface area (Å²) in [4.78, 5) is 4.53. The minimum Gasteiger partial charge on any atom is -0.494 e. The van der Waals surface area contributed by atoms with Crippen LogP contribution in [0.15, 0.2) is 103 Å². The highest BCUT2D eigenvalue weighted by Crippen LogP contribution is 2.42. The number of aryl methyl sites for hydroxylation is 2. The maximum atomic E-state index is 11.5. The van der Waals surface area contributed by atoms with E-state index in [0.29, 0.717) is 69.9 Å². The Morgan fingerprint density at radius 2 is 1.21 bits per heavy atom. The highest BCUT2D eigenvalue weighted by atomic mass is 32.2. The number of benzene rings is 4. The molecule has 0 bridgehead atoms. The number of pyridine rings is 1. The average Bonchev–Trinajstić information content (AvgIpc) is 3.69. The van der Waals surface area contributed by atoms with Gasteiger partial charge in [-0.25, -0.2) is 10.2 Å². The number of rotatable bonds is 23. The van der Waals surface area contributed by atoms with Gasteiger partial charge in [0.25, 0.3) is 30.4 Å². The van der Waals surface area contributed by atoms with Crippen LogP contribution in [-0.4, -0.2) is 102 Å². The minimum absolute atomic E-state index is 0.0125. The van der Waals surface area contributed by atoms with Gasteiger partial charge in [-0.3, -0.25) is 18.1 Å². The van der Waals surface area contributed by atoms with Crippen molar-refractivity contribution in [1.29, 1.82) is 5.26 Å². The van der Waals surface area contributed by atoms with Crippen LogP contribution in [0.5, 0.6) is 23.1 Å². The van der Waals surface area contributed by atoms with E-state index in [1.165, 1.54) is 10.5 Å². The minimum atomic E-state index is -4.29. The van der Waals surface area contributed by atoms with Gasteiger partial charge in [0.05, 0.1) is 65.7 Å². The van der Waals surface area contributed by atoms with Crippen molar-refractivity contribution in [3.05, 3.63) is 95.1 Å². The van der Waals surface area contributed by atoms with Crippen LogP contribution < -0.4 is 14.2 Å². The van der Waals surface area contributed by atoms with E-state index in [-0.39, 0.29) is 77.4 Å². The van der Waals surface area contributed by atoms with Crippen molar-refractivity contribution in [2.75, 3.05) is 43.3 Å². The lowest BCUT2D eigenvalue weighted by molar-refractivity contribution is -0.432. The van der Waals surface area contributed by atoms with Crippen LogP contribution in [0.2, 0.25) is 0 Å². The van der Waals surface area contributed by atoms with Gasteiger partial charge in [-0.05, 0) is 99.7 Å². The molecular formula is C43H47N9O16S4. The van der Waals surface area contributed by atoms with E-state index >= 15 is 0 Å². The maximum absolute atomic E-state index is 11.5. The Balaban J connectivity index is 0.00000183. The van der Waals surface area contributed by atoms with Crippen LogP contribution in [0.3, 0.4) is 0 Å². The van der Waals surface area contributed by atoms with E-state index in [1.54, 1.807) is 87.5 Å². The fourth-order valence-corrected chi connectivity index (χ4v) is 7.60. The monoisotopic (exact) mass is 1070 g/mol. The second-order valence-corrected chi connectivity index (χ2v) is 20.6. The normalized spacial score (nSPS) is 12.2. The first kappa shape index (κ1) is 56.2. The van der Waals surface area contributed by atoms with Gasteiger partial charge >= 0.3 is 0 Å². The van der Waals surface area contributed by atoms with Crippen LogP contribution in [0.4, 0.5) is 34.1 Å². The van der Waals surface area contributed by atoms with Crippen LogP contribution in [0.1, 0.15) is 41.5 Å². The number of fused-ring (bicyclic) bond motifs is 3. The third-order valence-electron chi connectivity index (χ3n) is 9.57. The van der Waals surface area contributed by atoms with Gasteiger partial charge in [0.1, 0.15) is 40.3 Å². The quantitative estimate of drug-likeness (QED) is 0.00994. The van der Waals surface area contributed by atoms with Crippen molar-refractivity contribution >= 4 is 93.2 Å². The second kappa shape index (κ2) is 25.6. The molecule has 0 unspecified atom stereocenters. The zero-order valence-electron chi connectivity index (χ0n) is 38.7. The Morgan fingerprint density at radius 1 is 0.694 bits per heavy atom. The molecule has 4 aromatic carbocycles. The van der Waals surface area contributed by atoms with Crippen molar-refractivity contribution in [2.24, 2.45) is 30.7 Å². The Labute approximate surface area is 417 Å². The van der Waals surface area contributed by atoms with Crippen LogP contribution in [0.25, 0.3) is 16.7 Å². The number of hydrogen-bond acceptors (Lipinski definition) is 22. The van der Waals surface area contributed by atoms with Gasteiger partial charge in [-0.15, -0.1) is 19.7 Å². The predicted molar refractivity (Wildman–Crippen MR) is 263 cm³/mol. The predicted octanol–water partition coefficient (Wildman–Crippen LogP) is 9.89. The average molecular weight is 1070 g/mol. The summed E-state index contributed by atoms with van der Waals surface area (Å²) >= 11 is 0.934. The van der Waals surface area contributed by atoms with E-state index in [1.807, 2.05) is 0 Å². The molecule has 0 aliphatic rings. The maximum Gasteiger partial charge on any atom is 0.264 e. The highest BCUT2D eigenvalue weighted by molar-refractivity contribution is 7.94. The van der Waals surface area contributed by atoms with Crippen molar-refractivity contribution in [3.8, 4) is 29.2 Å². The van der Waals surface area contributed by atoms with Crippen molar-refractivity contribution in [3.63, 3.8) is 0 Å². The second-order valence-electron chi connectivity index (χ2n) is 15.2. The Morgan fingerprint density at radius 3 is 1.75 bits per heavy atom.